The molecule has 0 unspecified atom stereocenters. The van der Waals surface area contributed by atoms with Gasteiger partial charge in [-0.3, -0.25) is 4.79 Å². The predicted molar refractivity (Wildman–Crippen MR) is 96.7 cm³/mol. The highest BCUT2D eigenvalue weighted by Crippen LogP contribution is 2.29. The van der Waals surface area contributed by atoms with Gasteiger partial charge in [0, 0.05) is 0 Å². The second-order valence-corrected chi connectivity index (χ2v) is 5.05. The zero-order valence-corrected chi connectivity index (χ0v) is 14.4. The third kappa shape index (κ3) is 4.41. The summed E-state index contributed by atoms with van der Waals surface area (Å²) in [6.45, 7) is 0. The van der Waals surface area contributed by atoms with Crippen molar-refractivity contribution in [3.05, 3.63) is 65.8 Å². The molecule has 0 fully saturated rings. The molecule has 2 aromatic carbocycles. The van der Waals surface area contributed by atoms with Gasteiger partial charge in [-0.2, -0.15) is 0 Å². The van der Waals surface area contributed by atoms with E-state index in [1.807, 2.05) is 18.2 Å². The number of carbonyl (C=O) groups excluding carboxylic acids is 1. The molecule has 5 heteroatoms. The van der Waals surface area contributed by atoms with E-state index in [1.54, 1.807) is 44.6 Å². The number of aromatic hydroxyl groups is 1. The van der Waals surface area contributed by atoms with Crippen LogP contribution in [0.25, 0.3) is 6.08 Å². The summed E-state index contributed by atoms with van der Waals surface area (Å²) in [6.07, 6.45) is 6.53. The number of carbonyl (C=O) groups is 1. The molecule has 1 N–H and O–H groups in total. The summed E-state index contributed by atoms with van der Waals surface area (Å²) in [5.41, 5.74) is 1.04. The van der Waals surface area contributed by atoms with E-state index in [1.165, 1.54) is 19.3 Å². The van der Waals surface area contributed by atoms with Crippen molar-refractivity contribution >= 4 is 11.9 Å². The van der Waals surface area contributed by atoms with Crippen LogP contribution in [0.15, 0.2) is 54.6 Å². The van der Waals surface area contributed by atoms with Gasteiger partial charge < -0.3 is 19.3 Å². The summed E-state index contributed by atoms with van der Waals surface area (Å²) < 4.78 is 15.5. The summed E-state index contributed by atoms with van der Waals surface area (Å²) in [7, 11) is 4.60. The predicted octanol–water partition coefficient (Wildman–Crippen LogP) is 3.87. The van der Waals surface area contributed by atoms with E-state index in [0.29, 0.717) is 17.2 Å². The third-order valence-electron chi connectivity index (χ3n) is 3.53. The Balaban J connectivity index is 2.13. The SMILES string of the molecule is COc1ccc(/C=C/C=C/C(=O)c2c(O)cccc2OC)cc1OC. The number of hydrogen-bond donors (Lipinski definition) is 1. The van der Waals surface area contributed by atoms with Gasteiger partial charge in [-0.25, -0.2) is 0 Å². The number of methoxy groups -OCH3 is 3. The first kappa shape index (κ1) is 18.1. The largest absolute Gasteiger partial charge is 0.507 e. The first-order valence-corrected chi connectivity index (χ1v) is 7.57. The lowest BCUT2D eigenvalue weighted by molar-refractivity contribution is 0.104. The molecule has 25 heavy (non-hydrogen) atoms. The number of phenolic OH excluding ortho intramolecular Hbond substituents is 1. The minimum absolute atomic E-state index is 0.113. The quantitative estimate of drug-likeness (QED) is 0.471. The second-order valence-electron chi connectivity index (χ2n) is 5.05. The fourth-order valence-electron chi connectivity index (χ4n) is 2.29. The fourth-order valence-corrected chi connectivity index (χ4v) is 2.29. The molecule has 0 aliphatic heterocycles. The molecule has 0 aromatic heterocycles. The zero-order chi connectivity index (χ0) is 18.2. The molecule has 0 amide bonds. The Kier molecular flexibility index (Phi) is 6.23. The fraction of sp³-hybridized carbons (Fsp3) is 0.150. The van der Waals surface area contributed by atoms with Crippen molar-refractivity contribution in [2.75, 3.05) is 21.3 Å². The van der Waals surface area contributed by atoms with E-state index in [0.717, 1.165) is 5.56 Å². The van der Waals surface area contributed by atoms with Gasteiger partial charge in [-0.05, 0) is 35.9 Å². The molecule has 0 radical (unpaired) electrons. The summed E-state index contributed by atoms with van der Waals surface area (Å²) in [5, 5.41) is 9.86. The molecule has 2 rings (SSSR count). The third-order valence-corrected chi connectivity index (χ3v) is 3.53. The molecule has 0 bridgehead atoms. The van der Waals surface area contributed by atoms with E-state index >= 15 is 0 Å². The zero-order valence-electron chi connectivity index (χ0n) is 14.4. The maximum atomic E-state index is 12.2. The average Bonchev–Trinajstić information content (AvgIpc) is 2.64. The van der Waals surface area contributed by atoms with Gasteiger partial charge in [0.05, 0.1) is 21.3 Å². The van der Waals surface area contributed by atoms with Crippen molar-refractivity contribution in [2.45, 2.75) is 0 Å². The number of ketones is 1. The first-order chi connectivity index (χ1) is 12.1. The Labute approximate surface area is 146 Å². The molecular formula is C20H20O5. The van der Waals surface area contributed by atoms with E-state index in [4.69, 9.17) is 14.2 Å². The highest BCUT2D eigenvalue weighted by atomic mass is 16.5. The summed E-state index contributed by atoms with van der Waals surface area (Å²) in [4.78, 5) is 12.2. The van der Waals surface area contributed by atoms with Gasteiger partial charge >= 0.3 is 0 Å². The summed E-state index contributed by atoms with van der Waals surface area (Å²) in [5.74, 6) is 1.16. The lowest BCUT2D eigenvalue weighted by Crippen LogP contribution is -1.99. The van der Waals surface area contributed by atoms with Crippen LogP contribution in [-0.2, 0) is 0 Å². The highest BCUT2D eigenvalue weighted by Gasteiger charge is 2.14. The van der Waals surface area contributed by atoms with Crippen LogP contribution in [0.4, 0.5) is 0 Å². The molecule has 0 aliphatic rings. The maximum absolute atomic E-state index is 12.2. The lowest BCUT2D eigenvalue weighted by atomic mass is 10.1. The van der Waals surface area contributed by atoms with Crippen molar-refractivity contribution < 1.29 is 24.1 Å². The van der Waals surface area contributed by atoms with E-state index in [9.17, 15) is 9.90 Å². The first-order valence-electron chi connectivity index (χ1n) is 7.57. The number of benzene rings is 2. The van der Waals surface area contributed by atoms with Gasteiger partial charge in [0.25, 0.3) is 0 Å². The molecule has 0 saturated carbocycles. The summed E-state index contributed by atoms with van der Waals surface area (Å²) >= 11 is 0. The Morgan fingerprint density at radius 1 is 0.920 bits per heavy atom. The molecule has 2 aromatic rings. The van der Waals surface area contributed by atoms with Gasteiger partial charge in [0.2, 0.25) is 0 Å². The van der Waals surface area contributed by atoms with E-state index in [2.05, 4.69) is 0 Å². The van der Waals surface area contributed by atoms with Crippen LogP contribution in [0.2, 0.25) is 0 Å². The minimum Gasteiger partial charge on any atom is -0.507 e. The number of ether oxygens (including phenoxy) is 3. The molecule has 0 aliphatic carbocycles. The Bertz CT molecular complexity index is 806. The van der Waals surface area contributed by atoms with Crippen LogP contribution in [0.5, 0.6) is 23.0 Å². The van der Waals surface area contributed by atoms with Gasteiger partial charge in [-0.1, -0.05) is 30.4 Å². The monoisotopic (exact) mass is 340 g/mol. The minimum atomic E-state index is -0.341. The van der Waals surface area contributed by atoms with Crippen molar-refractivity contribution in [2.24, 2.45) is 0 Å². The Hall–Kier alpha value is -3.21. The standard InChI is InChI=1S/C20H20O5/c1-23-17-12-11-14(13-19(17)25-3)7-4-5-8-15(21)20-16(22)9-6-10-18(20)24-2/h4-13,22H,1-3H3/b7-4+,8-5+. The Morgan fingerprint density at radius 3 is 2.32 bits per heavy atom. The molecule has 0 heterocycles. The van der Waals surface area contributed by atoms with E-state index < -0.39 is 0 Å². The van der Waals surface area contributed by atoms with Crippen LogP contribution >= 0.6 is 0 Å². The van der Waals surface area contributed by atoms with E-state index in [-0.39, 0.29) is 17.1 Å². The second kappa shape index (κ2) is 8.59. The summed E-state index contributed by atoms with van der Waals surface area (Å²) in [6, 6.07) is 10.2. The average molecular weight is 340 g/mol. The van der Waals surface area contributed by atoms with Crippen molar-refractivity contribution in [1.82, 2.24) is 0 Å². The lowest BCUT2D eigenvalue weighted by Gasteiger charge is -2.07. The van der Waals surface area contributed by atoms with Crippen LogP contribution < -0.4 is 14.2 Å². The smallest absolute Gasteiger partial charge is 0.193 e. The highest BCUT2D eigenvalue weighted by molar-refractivity contribution is 6.08. The maximum Gasteiger partial charge on any atom is 0.193 e. The van der Waals surface area contributed by atoms with Crippen LogP contribution in [0, 0.1) is 0 Å². The molecule has 0 saturated heterocycles. The van der Waals surface area contributed by atoms with Gasteiger partial charge in [0.15, 0.2) is 17.3 Å². The van der Waals surface area contributed by atoms with Gasteiger partial charge in [0.1, 0.15) is 17.1 Å². The van der Waals surface area contributed by atoms with Gasteiger partial charge in [-0.15, -0.1) is 0 Å². The van der Waals surface area contributed by atoms with Crippen molar-refractivity contribution in [3.63, 3.8) is 0 Å². The normalized spacial score (nSPS) is 11.0. The van der Waals surface area contributed by atoms with Crippen LogP contribution in [0.3, 0.4) is 0 Å². The number of phenols is 1. The topological polar surface area (TPSA) is 65.0 Å². The molecular weight excluding hydrogens is 320 g/mol. The number of rotatable bonds is 7. The van der Waals surface area contributed by atoms with Crippen molar-refractivity contribution in [3.8, 4) is 23.0 Å². The number of allylic oxidation sites excluding steroid dienone is 3. The van der Waals surface area contributed by atoms with Crippen molar-refractivity contribution in [1.29, 1.82) is 0 Å². The van der Waals surface area contributed by atoms with Crippen LogP contribution in [0.1, 0.15) is 15.9 Å². The number of hydrogen-bond acceptors (Lipinski definition) is 5. The van der Waals surface area contributed by atoms with Crippen LogP contribution in [-0.4, -0.2) is 32.2 Å². The Morgan fingerprint density at radius 2 is 1.64 bits per heavy atom. The molecule has 130 valence electrons. The molecule has 0 spiro atoms. The molecule has 5 nitrogen and oxygen atoms in total. The molecule has 0 atom stereocenters.